The molecule has 5 aromatic rings. The van der Waals surface area contributed by atoms with E-state index in [4.69, 9.17) is 19.1 Å². The topological polar surface area (TPSA) is 70.2 Å². The van der Waals surface area contributed by atoms with Crippen molar-refractivity contribution in [2.45, 2.75) is 31.3 Å². The Hall–Kier alpha value is -3.36. The number of nitrogens with zero attached hydrogens (tertiary/aromatic N) is 3. The zero-order chi connectivity index (χ0) is 23.5. The fourth-order valence-electron chi connectivity index (χ4n) is 3.69. The van der Waals surface area contributed by atoms with Gasteiger partial charge in [0.2, 0.25) is 5.89 Å². The molecular formula is C26H23N3O3S2. The molecule has 0 spiro atoms. The number of rotatable bonds is 8. The maximum absolute atomic E-state index is 13.3. The first kappa shape index (κ1) is 22.4. The molecule has 0 amide bonds. The van der Waals surface area contributed by atoms with E-state index in [9.17, 15) is 4.79 Å². The van der Waals surface area contributed by atoms with Crippen LogP contribution in [-0.2, 0) is 12.3 Å². The standard InChI is InChI=1S/C26H23N3O3S2/c1-3-31-23-13-7-5-11-20(23)24-27-22(17(2)32-24)16-34-26-28-21-12-6-4-10-19(21)25(30)29(26)15-18-9-8-14-33-18/h4-14H,3,15-16H2,1-2H3. The molecule has 0 bridgehead atoms. The molecule has 8 heteroatoms. The van der Waals surface area contributed by atoms with Gasteiger partial charge in [0.15, 0.2) is 5.16 Å². The third kappa shape index (κ3) is 4.51. The van der Waals surface area contributed by atoms with Crippen molar-refractivity contribution in [3.8, 4) is 17.2 Å². The number of aryl methyl sites for hydroxylation is 1. The number of benzene rings is 2. The second-order valence-electron chi connectivity index (χ2n) is 7.62. The summed E-state index contributed by atoms with van der Waals surface area (Å²) in [5.74, 6) is 2.54. The SMILES string of the molecule is CCOc1ccccc1-c1nc(CSc2nc3ccccc3c(=O)n2Cc2cccs2)c(C)o1. The van der Waals surface area contributed by atoms with Crippen LogP contribution in [-0.4, -0.2) is 21.1 Å². The summed E-state index contributed by atoms with van der Waals surface area (Å²) < 4.78 is 13.5. The van der Waals surface area contributed by atoms with Gasteiger partial charge >= 0.3 is 0 Å². The molecular weight excluding hydrogens is 466 g/mol. The molecule has 0 unspecified atom stereocenters. The quantitative estimate of drug-likeness (QED) is 0.192. The summed E-state index contributed by atoms with van der Waals surface area (Å²) in [7, 11) is 0. The lowest BCUT2D eigenvalue weighted by Gasteiger charge is -2.12. The Labute approximate surface area is 205 Å². The number of oxazole rings is 1. The Morgan fingerprint density at radius 3 is 2.71 bits per heavy atom. The smallest absolute Gasteiger partial charge is 0.262 e. The average Bonchev–Trinajstić information content (AvgIpc) is 3.50. The van der Waals surface area contributed by atoms with Gasteiger partial charge in [0.25, 0.3) is 5.56 Å². The van der Waals surface area contributed by atoms with Gasteiger partial charge in [-0.15, -0.1) is 11.3 Å². The summed E-state index contributed by atoms with van der Waals surface area (Å²) in [6.07, 6.45) is 0. The Balaban J connectivity index is 1.47. The fraction of sp³-hybridized carbons (Fsp3) is 0.192. The zero-order valence-electron chi connectivity index (χ0n) is 18.9. The van der Waals surface area contributed by atoms with E-state index in [1.807, 2.05) is 79.9 Å². The van der Waals surface area contributed by atoms with Crippen LogP contribution in [0.3, 0.4) is 0 Å². The minimum atomic E-state index is -0.0373. The van der Waals surface area contributed by atoms with Gasteiger partial charge in [0.1, 0.15) is 11.5 Å². The first-order chi connectivity index (χ1) is 16.6. The zero-order valence-corrected chi connectivity index (χ0v) is 20.5. The van der Waals surface area contributed by atoms with E-state index in [2.05, 4.69) is 0 Å². The van der Waals surface area contributed by atoms with Crippen LogP contribution in [0.25, 0.3) is 22.4 Å². The minimum Gasteiger partial charge on any atom is -0.493 e. The third-order valence-corrected chi connectivity index (χ3v) is 7.22. The van der Waals surface area contributed by atoms with Crippen LogP contribution in [0.1, 0.15) is 23.3 Å². The van der Waals surface area contributed by atoms with Gasteiger partial charge in [-0.05, 0) is 49.6 Å². The van der Waals surface area contributed by atoms with E-state index in [0.29, 0.717) is 40.9 Å². The van der Waals surface area contributed by atoms with Crippen molar-refractivity contribution in [2.75, 3.05) is 6.61 Å². The molecule has 0 N–H and O–H groups in total. The highest BCUT2D eigenvalue weighted by Gasteiger charge is 2.18. The number of thioether (sulfide) groups is 1. The third-order valence-electron chi connectivity index (χ3n) is 5.37. The van der Waals surface area contributed by atoms with E-state index in [1.165, 1.54) is 11.8 Å². The number of thiophene rings is 1. The lowest BCUT2D eigenvalue weighted by atomic mass is 10.2. The first-order valence-corrected chi connectivity index (χ1v) is 12.8. The highest BCUT2D eigenvalue weighted by atomic mass is 32.2. The molecule has 0 radical (unpaired) electrons. The second kappa shape index (κ2) is 9.87. The van der Waals surface area contributed by atoms with Gasteiger partial charge in [0, 0.05) is 10.6 Å². The van der Waals surface area contributed by atoms with Gasteiger partial charge in [-0.1, -0.05) is 42.1 Å². The van der Waals surface area contributed by atoms with Crippen LogP contribution in [0.15, 0.2) is 80.4 Å². The molecule has 34 heavy (non-hydrogen) atoms. The number of hydrogen-bond donors (Lipinski definition) is 0. The van der Waals surface area contributed by atoms with Gasteiger partial charge < -0.3 is 9.15 Å². The molecule has 0 fully saturated rings. The normalized spacial score (nSPS) is 11.2. The molecule has 6 nitrogen and oxygen atoms in total. The van der Waals surface area contributed by atoms with Crippen LogP contribution < -0.4 is 10.3 Å². The van der Waals surface area contributed by atoms with Crippen molar-refractivity contribution >= 4 is 34.0 Å². The van der Waals surface area contributed by atoms with E-state index < -0.39 is 0 Å². The Bertz CT molecular complexity index is 1490. The molecule has 172 valence electrons. The largest absolute Gasteiger partial charge is 0.493 e. The maximum atomic E-state index is 13.3. The Morgan fingerprint density at radius 2 is 1.88 bits per heavy atom. The number of aromatic nitrogens is 3. The lowest BCUT2D eigenvalue weighted by Crippen LogP contribution is -2.23. The summed E-state index contributed by atoms with van der Waals surface area (Å²) in [5, 5.41) is 3.30. The highest BCUT2D eigenvalue weighted by Crippen LogP contribution is 2.32. The summed E-state index contributed by atoms with van der Waals surface area (Å²) in [6, 6.07) is 19.2. The van der Waals surface area contributed by atoms with Crippen LogP contribution in [0.2, 0.25) is 0 Å². The molecule has 0 saturated heterocycles. The molecule has 0 aliphatic carbocycles. The Morgan fingerprint density at radius 1 is 1.06 bits per heavy atom. The van der Waals surface area contributed by atoms with Gasteiger partial charge in [-0.2, -0.15) is 0 Å². The van der Waals surface area contributed by atoms with Crippen molar-refractivity contribution in [1.82, 2.24) is 14.5 Å². The molecule has 3 aromatic heterocycles. The predicted molar refractivity (Wildman–Crippen MR) is 137 cm³/mol. The lowest BCUT2D eigenvalue weighted by molar-refractivity contribution is 0.340. The summed E-state index contributed by atoms with van der Waals surface area (Å²) in [5.41, 5.74) is 2.30. The van der Waals surface area contributed by atoms with Gasteiger partial charge in [0.05, 0.1) is 35.3 Å². The van der Waals surface area contributed by atoms with E-state index in [0.717, 1.165) is 27.6 Å². The van der Waals surface area contributed by atoms with Crippen LogP contribution in [0.5, 0.6) is 5.75 Å². The molecule has 0 saturated carbocycles. The van der Waals surface area contributed by atoms with E-state index in [-0.39, 0.29) is 5.56 Å². The van der Waals surface area contributed by atoms with Crippen LogP contribution in [0, 0.1) is 6.92 Å². The van der Waals surface area contributed by atoms with Crippen molar-refractivity contribution < 1.29 is 9.15 Å². The van der Waals surface area contributed by atoms with Crippen molar-refractivity contribution in [3.63, 3.8) is 0 Å². The van der Waals surface area contributed by atoms with Crippen LogP contribution >= 0.6 is 23.1 Å². The molecule has 3 heterocycles. The minimum absolute atomic E-state index is 0.0373. The predicted octanol–water partition coefficient (Wildman–Crippen LogP) is 6.16. The van der Waals surface area contributed by atoms with Gasteiger partial charge in [-0.3, -0.25) is 9.36 Å². The van der Waals surface area contributed by atoms with E-state index in [1.54, 1.807) is 15.9 Å². The molecule has 0 atom stereocenters. The molecule has 0 aliphatic heterocycles. The fourth-order valence-corrected chi connectivity index (χ4v) is 5.38. The summed E-state index contributed by atoms with van der Waals surface area (Å²) in [6.45, 7) is 4.91. The van der Waals surface area contributed by atoms with Crippen molar-refractivity contribution in [2.24, 2.45) is 0 Å². The second-order valence-corrected chi connectivity index (χ2v) is 9.60. The maximum Gasteiger partial charge on any atom is 0.262 e. The Kier molecular flexibility index (Phi) is 6.51. The molecule has 5 rings (SSSR count). The first-order valence-electron chi connectivity index (χ1n) is 11.0. The highest BCUT2D eigenvalue weighted by molar-refractivity contribution is 7.98. The van der Waals surface area contributed by atoms with Crippen LogP contribution in [0.4, 0.5) is 0 Å². The molecule has 0 aliphatic rings. The number of ether oxygens (including phenoxy) is 1. The summed E-state index contributed by atoms with van der Waals surface area (Å²) >= 11 is 3.12. The van der Waals surface area contributed by atoms with Crippen molar-refractivity contribution in [1.29, 1.82) is 0 Å². The average molecular weight is 490 g/mol. The van der Waals surface area contributed by atoms with Gasteiger partial charge in [-0.25, -0.2) is 9.97 Å². The van der Waals surface area contributed by atoms with E-state index >= 15 is 0 Å². The number of para-hydroxylation sites is 2. The molecule has 2 aromatic carbocycles. The number of fused-ring (bicyclic) bond motifs is 1. The number of hydrogen-bond acceptors (Lipinski definition) is 7. The summed E-state index contributed by atoms with van der Waals surface area (Å²) in [4.78, 5) is 24.0. The van der Waals surface area contributed by atoms with Crippen molar-refractivity contribution in [3.05, 3.63) is 92.7 Å². The monoisotopic (exact) mass is 489 g/mol.